The molecule has 6 unspecified atom stereocenters. The van der Waals surface area contributed by atoms with Gasteiger partial charge in [-0.2, -0.15) is 0 Å². The Hall–Kier alpha value is -0.530. The van der Waals surface area contributed by atoms with Gasteiger partial charge in [0.1, 0.15) is 0 Å². The Morgan fingerprint density at radius 3 is 2.62 bits per heavy atom. The molecule has 0 amide bonds. The normalized spacial score (nSPS) is 54.9. The van der Waals surface area contributed by atoms with Crippen molar-refractivity contribution in [1.29, 1.82) is 0 Å². The number of hydrogen-bond donors (Lipinski definition) is 1. The van der Waals surface area contributed by atoms with Crippen LogP contribution in [0.5, 0.6) is 0 Å². The number of nitrogens with zero attached hydrogens (tertiary/aromatic N) is 1. The van der Waals surface area contributed by atoms with Crippen molar-refractivity contribution in [2.24, 2.45) is 39.7 Å². The Morgan fingerprint density at radius 2 is 1.81 bits per heavy atom. The summed E-state index contributed by atoms with van der Waals surface area (Å²) in [6.45, 7) is 5.03. The summed E-state index contributed by atoms with van der Waals surface area (Å²) in [6.07, 6.45) is 13.8. The SMILES string of the molecule is CC12CCC3C(CCC4CCCCC43C)C1CC/C2=N/O. The van der Waals surface area contributed by atoms with Crippen molar-refractivity contribution in [3.8, 4) is 0 Å². The van der Waals surface area contributed by atoms with E-state index in [9.17, 15) is 5.21 Å². The highest BCUT2D eigenvalue weighted by Gasteiger charge is 2.59. The minimum Gasteiger partial charge on any atom is -0.411 e. The smallest absolute Gasteiger partial charge is 0.0632 e. The zero-order valence-corrected chi connectivity index (χ0v) is 13.8. The number of hydrogen-bond acceptors (Lipinski definition) is 2. The molecule has 4 aliphatic rings. The molecule has 21 heavy (non-hydrogen) atoms. The van der Waals surface area contributed by atoms with E-state index in [1.54, 1.807) is 0 Å². The van der Waals surface area contributed by atoms with Crippen LogP contribution in [0.3, 0.4) is 0 Å². The number of rotatable bonds is 0. The fraction of sp³-hybridized carbons (Fsp3) is 0.947. The molecule has 0 aromatic carbocycles. The topological polar surface area (TPSA) is 32.6 Å². The van der Waals surface area contributed by atoms with Gasteiger partial charge in [0.15, 0.2) is 0 Å². The maximum atomic E-state index is 9.39. The van der Waals surface area contributed by atoms with Gasteiger partial charge >= 0.3 is 0 Å². The van der Waals surface area contributed by atoms with Gasteiger partial charge in [0, 0.05) is 5.41 Å². The van der Waals surface area contributed by atoms with Gasteiger partial charge in [0.2, 0.25) is 0 Å². The van der Waals surface area contributed by atoms with E-state index in [1.165, 1.54) is 57.8 Å². The molecule has 0 aromatic rings. The highest BCUT2D eigenvalue weighted by Crippen LogP contribution is 2.65. The van der Waals surface area contributed by atoms with Crippen LogP contribution < -0.4 is 0 Å². The van der Waals surface area contributed by atoms with E-state index in [1.807, 2.05) is 0 Å². The molecule has 0 spiro atoms. The van der Waals surface area contributed by atoms with Gasteiger partial charge in [-0.25, -0.2) is 0 Å². The van der Waals surface area contributed by atoms with Crippen molar-refractivity contribution < 1.29 is 5.21 Å². The molecule has 4 saturated carbocycles. The second kappa shape index (κ2) is 4.73. The Labute approximate surface area is 129 Å². The molecule has 0 heterocycles. The van der Waals surface area contributed by atoms with Gasteiger partial charge in [0.05, 0.1) is 5.71 Å². The third kappa shape index (κ3) is 1.80. The van der Waals surface area contributed by atoms with Crippen LogP contribution in [0.4, 0.5) is 0 Å². The first-order valence-electron chi connectivity index (χ1n) is 9.31. The summed E-state index contributed by atoms with van der Waals surface area (Å²) in [4.78, 5) is 0. The Balaban J connectivity index is 1.66. The standard InChI is InChI=1S/C19H31NO/c1-18-11-4-3-5-13(18)6-7-14-15-8-9-17(20-21)19(15,2)12-10-16(14)18/h13-16,21H,3-12H2,1-2H3/b20-17-. The van der Waals surface area contributed by atoms with Gasteiger partial charge in [-0.1, -0.05) is 31.8 Å². The van der Waals surface area contributed by atoms with Crippen LogP contribution in [0.2, 0.25) is 0 Å². The lowest BCUT2D eigenvalue weighted by molar-refractivity contribution is -0.0938. The minimum atomic E-state index is 0.216. The van der Waals surface area contributed by atoms with Crippen molar-refractivity contribution in [3.05, 3.63) is 0 Å². The molecule has 0 bridgehead atoms. The monoisotopic (exact) mass is 289 g/mol. The molecule has 118 valence electrons. The van der Waals surface area contributed by atoms with Crippen molar-refractivity contribution >= 4 is 5.71 Å². The lowest BCUT2D eigenvalue weighted by Gasteiger charge is -2.59. The second-order valence-electron chi connectivity index (χ2n) is 8.94. The van der Waals surface area contributed by atoms with Crippen LogP contribution in [-0.4, -0.2) is 10.9 Å². The predicted molar refractivity (Wildman–Crippen MR) is 85.6 cm³/mol. The van der Waals surface area contributed by atoms with E-state index < -0.39 is 0 Å². The lowest BCUT2D eigenvalue weighted by atomic mass is 9.45. The Morgan fingerprint density at radius 1 is 0.952 bits per heavy atom. The zero-order valence-electron chi connectivity index (χ0n) is 13.8. The van der Waals surface area contributed by atoms with E-state index >= 15 is 0 Å². The quantitative estimate of drug-likeness (QED) is 0.479. The van der Waals surface area contributed by atoms with Gasteiger partial charge in [-0.05, 0) is 80.5 Å². The van der Waals surface area contributed by atoms with Gasteiger partial charge in [-0.15, -0.1) is 0 Å². The van der Waals surface area contributed by atoms with Gasteiger partial charge in [0.25, 0.3) is 0 Å². The van der Waals surface area contributed by atoms with E-state index in [2.05, 4.69) is 19.0 Å². The number of fused-ring (bicyclic) bond motifs is 5. The molecule has 4 rings (SSSR count). The van der Waals surface area contributed by atoms with E-state index in [4.69, 9.17) is 0 Å². The van der Waals surface area contributed by atoms with Crippen LogP contribution in [-0.2, 0) is 0 Å². The summed E-state index contributed by atoms with van der Waals surface area (Å²) in [5.74, 6) is 3.65. The maximum absolute atomic E-state index is 9.39. The van der Waals surface area contributed by atoms with Crippen LogP contribution in [0.15, 0.2) is 5.16 Å². The van der Waals surface area contributed by atoms with Gasteiger partial charge in [-0.3, -0.25) is 0 Å². The number of oxime groups is 1. The largest absolute Gasteiger partial charge is 0.411 e. The van der Waals surface area contributed by atoms with E-state index in [-0.39, 0.29) is 5.41 Å². The van der Waals surface area contributed by atoms with Crippen LogP contribution in [0, 0.1) is 34.5 Å². The molecule has 0 aliphatic heterocycles. The zero-order chi connectivity index (χ0) is 14.7. The fourth-order valence-electron chi connectivity index (χ4n) is 7.25. The Kier molecular flexibility index (Phi) is 3.17. The fourth-order valence-corrected chi connectivity index (χ4v) is 7.25. The predicted octanol–water partition coefficient (Wildman–Crippen LogP) is 5.25. The molecule has 2 heteroatoms. The molecule has 4 aliphatic carbocycles. The van der Waals surface area contributed by atoms with E-state index in [0.717, 1.165) is 35.8 Å². The minimum absolute atomic E-state index is 0.216. The Bertz CT molecular complexity index is 458. The van der Waals surface area contributed by atoms with Gasteiger partial charge < -0.3 is 5.21 Å². The summed E-state index contributed by atoms with van der Waals surface area (Å²) in [5.41, 5.74) is 1.96. The summed E-state index contributed by atoms with van der Waals surface area (Å²) in [6, 6.07) is 0. The van der Waals surface area contributed by atoms with E-state index in [0.29, 0.717) is 5.41 Å². The molecule has 0 radical (unpaired) electrons. The second-order valence-corrected chi connectivity index (χ2v) is 8.94. The summed E-state index contributed by atoms with van der Waals surface area (Å²) in [5, 5.41) is 13.1. The molecule has 0 saturated heterocycles. The van der Waals surface area contributed by atoms with Crippen LogP contribution in [0.1, 0.15) is 78.1 Å². The van der Waals surface area contributed by atoms with Crippen molar-refractivity contribution in [2.75, 3.05) is 0 Å². The maximum Gasteiger partial charge on any atom is 0.0632 e. The van der Waals surface area contributed by atoms with Crippen LogP contribution in [0.25, 0.3) is 0 Å². The molecular weight excluding hydrogens is 258 g/mol. The third-order valence-electron chi connectivity index (χ3n) is 8.44. The highest BCUT2D eigenvalue weighted by atomic mass is 16.4. The van der Waals surface area contributed by atoms with Crippen molar-refractivity contribution in [1.82, 2.24) is 0 Å². The summed E-state index contributed by atoms with van der Waals surface area (Å²) >= 11 is 0. The first-order valence-corrected chi connectivity index (χ1v) is 9.31. The van der Waals surface area contributed by atoms with Crippen LogP contribution >= 0.6 is 0 Å². The first-order chi connectivity index (χ1) is 10.1. The average Bonchev–Trinajstić information content (AvgIpc) is 2.83. The summed E-state index contributed by atoms with van der Waals surface area (Å²) < 4.78 is 0. The lowest BCUT2D eigenvalue weighted by Crippen LogP contribution is -2.52. The molecule has 6 atom stereocenters. The first kappa shape index (κ1) is 14.1. The van der Waals surface area contributed by atoms with Crippen molar-refractivity contribution in [3.63, 3.8) is 0 Å². The molecule has 1 N–H and O–H groups in total. The highest BCUT2D eigenvalue weighted by molar-refractivity contribution is 5.91. The molecular formula is C19H31NO. The molecule has 0 aromatic heterocycles. The summed E-state index contributed by atoms with van der Waals surface area (Å²) in [7, 11) is 0. The molecule has 2 nitrogen and oxygen atoms in total. The van der Waals surface area contributed by atoms with Crippen molar-refractivity contribution in [2.45, 2.75) is 78.1 Å². The average molecular weight is 289 g/mol. The third-order valence-corrected chi connectivity index (χ3v) is 8.44. The molecule has 4 fully saturated rings.